The van der Waals surface area contributed by atoms with E-state index >= 15 is 0 Å². The van der Waals surface area contributed by atoms with E-state index in [1.807, 2.05) is 49.4 Å². The molecule has 2 aliphatic heterocycles. The predicted molar refractivity (Wildman–Crippen MR) is 160 cm³/mol. The summed E-state index contributed by atoms with van der Waals surface area (Å²) in [5.74, 6) is 0.194. The summed E-state index contributed by atoms with van der Waals surface area (Å²) in [4.78, 5) is 42.6. The van der Waals surface area contributed by atoms with Crippen LogP contribution in [-0.4, -0.2) is 31.6 Å². The number of hydrogen-bond acceptors (Lipinski definition) is 8. The molecule has 42 heavy (non-hydrogen) atoms. The average molecular weight is 580 g/mol. The van der Waals surface area contributed by atoms with Crippen LogP contribution in [0, 0.1) is 6.92 Å². The lowest BCUT2D eigenvalue weighted by Crippen LogP contribution is -2.32. The number of anilines is 3. The number of amides is 3. The van der Waals surface area contributed by atoms with Crippen molar-refractivity contribution < 1.29 is 28.6 Å². The smallest absolute Gasteiger partial charge is 0.283 e. The summed E-state index contributed by atoms with van der Waals surface area (Å²) in [5, 5.41) is 6.03. The number of methoxy groups -OCH3 is 1. The number of aryl methyl sites for hydroxylation is 1. The molecular formula is C32H25N3O6S. The maximum absolute atomic E-state index is 13.9. The van der Waals surface area contributed by atoms with E-state index in [0.717, 1.165) is 22.2 Å². The van der Waals surface area contributed by atoms with Gasteiger partial charge in [-0.05, 0) is 73.2 Å². The SMILES string of the molecule is COc1ccc(C)cc1N1C(=O)C(Nc2ccccc2)=C(Sc2cccc(NC(=O)c3ccc4c(c3)OCO4)c2)C1=O. The minimum Gasteiger partial charge on any atom is -0.495 e. The number of benzene rings is 4. The van der Waals surface area contributed by atoms with Crippen LogP contribution in [-0.2, 0) is 9.59 Å². The van der Waals surface area contributed by atoms with Crippen LogP contribution in [0.3, 0.4) is 0 Å². The van der Waals surface area contributed by atoms with Crippen molar-refractivity contribution in [3.63, 3.8) is 0 Å². The van der Waals surface area contributed by atoms with E-state index in [9.17, 15) is 14.4 Å². The molecule has 0 spiro atoms. The van der Waals surface area contributed by atoms with Gasteiger partial charge in [-0.2, -0.15) is 0 Å². The van der Waals surface area contributed by atoms with Crippen LogP contribution in [0.1, 0.15) is 15.9 Å². The molecule has 4 aromatic carbocycles. The lowest BCUT2D eigenvalue weighted by atomic mass is 10.2. The Bertz CT molecular complexity index is 1750. The number of para-hydroxylation sites is 1. The second-order valence-electron chi connectivity index (χ2n) is 9.47. The fourth-order valence-corrected chi connectivity index (χ4v) is 5.56. The lowest BCUT2D eigenvalue weighted by molar-refractivity contribution is -0.120. The number of carbonyl (C=O) groups is 3. The Morgan fingerprint density at radius 1 is 0.857 bits per heavy atom. The first-order chi connectivity index (χ1) is 20.4. The van der Waals surface area contributed by atoms with Gasteiger partial charge in [0.05, 0.1) is 12.8 Å². The summed E-state index contributed by atoms with van der Waals surface area (Å²) in [6, 6.07) is 26.5. The minimum atomic E-state index is -0.498. The third-order valence-corrected chi connectivity index (χ3v) is 7.68. The van der Waals surface area contributed by atoms with Gasteiger partial charge in [0.25, 0.3) is 17.7 Å². The van der Waals surface area contributed by atoms with E-state index in [4.69, 9.17) is 14.2 Å². The molecular weight excluding hydrogens is 554 g/mol. The predicted octanol–water partition coefficient (Wildman–Crippen LogP) is 5.97. The van der Waals surface area contributed by atoms with Crippen molar-refractivity contribution in [1.82, 2.24) is 0 Å². The molecule has 2 N–H and O–H groups in total. The number of hydrogen-bond donors (Lipinski definition) is 2. The van der Waals surface area contributed by atoms with Crippen molar-refractivity contribution in [2.24, 2.45) is 0 Å². The number of ether oxygens (including phenoxy) is 3. The number of imide groups is 1. The van der Waals surface area contributed by atoms with Crippen LogP contribution in [0.4, 0.5) is 17.1 Å². The van der Waals surface area contributed by atoms with Gasteiger partial charge < -0.3 is 24.8 Å². The van der Waals surface area contributed by atoms with E-state index in [0.29, 0.717) is 44.8 Å². The third-order valence-electron chi connectivity index (χ3n) is 6.61. The highest BCUT2D eigenvalue weighted by Crippen LogP contribution is 2.41. The third kappa shape index (κ3) is 5.27. The Morgan fingerprint density at radius 3 is 2.45 bits per heavy atom. The molecule has 2 aliphatic rings. The molecule has 6 rings (SSSR count). The maximum atomic E-state index is 13.9. The molecule has 210 valence electrons. The summed E-state index contributed by atoms with van der Waals surface area (Å²) in [6.45, 7) is 2.00. The summed E-state index contributed by atoms with van der Waals surface area (Å²) in [7, 11) is 1.49. The second kappa shape index (κ2) is 11.3. The van der Waals surface area contributed by atoms with Gasteiger partial charge in [0, 0.05) is 21.8 Å². The Hall–Kier alpha value is -5.22. The van der Waals surface area contributed by atoms with Crippen LogP contribution in [0.2, 0.25) is 0 Å². The highest BCUT2D eigenvalue weighted by atomic mass is 32.2. The van der Waals surface area contributed by atoms with Gasteiger partial charge >= 0.3 is 0 Å². The van der Waals surface area contributed by atoms with Crippen molar-refractivity contribution in [3.8, 4) is 17.2 Å². The van der Waals surface area contributed by atoms with Crippen LogP contribution < -0.4 is 29.7 Å². The molecule has 3 amide bonds. The zero-order valence-electron chi connectivity index (χ0n) is 22.7. The fraction of sp³-hybridized carbons (Fsp3) is 0.0938. The summed E-state index contributed by atoms with van der Waals surface area (Å²) in [5.41, 5.74) is 2.98. The topological polar surface area (TPSA) is 106 Å². The van der Waals surface area contributed by atoms with Gasteiger partial charge in [-0.3, -0.25) is 14.4 Å². The number of fused-ring (bicyclic) bond motifs is 1. The molecule has 0 fully saturated rings. The van der Waals surface area contributed by atoms with E-state index < -0.39 is 11.8 Å². The molecule has 0 unspecified atom stereocenters. The molecule has 0 aromatic heterocycles. The Labute approximate surface area is 246 Å². The highest BCUT2D eigenvalue weighted by molar-refractivity contribution is 8.04. The van der Waals surface area contributed by atoms with Gasteiger partial charge in [0.2, 0.25) is 6.79 Å². The van der Waals surface area contributed by atoms with Crippen molar-refractivity contribution in [2.75, 3.05) is 29.4 Å². The monoisotopic (exact) mass is 579 g/mol. The van der Waals surface area contributed by atoms with Crippen molar-refractivity contribution >= 4 is 46.5 Å². The number of nitrogens with zero attached hydrogens (tertiary/aromatic N) is 1. The van der Waals surface area contributed by atoms with E-state index in [1.165, 1.54) is 7.11 Å². The summed E-state index contributed by atoms with van der Waals surface area (Å²) in [6.07, 6.45) is 0. The standard InChI is InChI=1S/C32H25N3O6S/c1-19-11-13-25(39-2)24(15-19)35-31(37)28(33-21-7-4-3-5-8-21)29(32(35)38)42-23-10-6-9-22(17-23)34-30(36)20-12-14-26-27(16-20)41-18-40-26/h3-17,33H,18H2,1-2H3,(H,34,36). The molecule has 10 heteroatoms. The number of thioether (sulfide) groups is 1. The molecule has 0 saturated heterocycles. The lowest BCUT2D eigenvalue weighted by Gasteiger charge is -2.19. The van der Waals surface area contributed by atoms with E-state index in [2.05, 4.69) is 10.6 Å². The van der Waals surface area contributed by atoms with Crippen LogP contribution in [0.5, 0.6) is 17.2 Å². The number of carbonyl (C=O) groups excluding carboxylic acids is 3. The normalized spacial score (nSPS) is 13.9. The van der Waals surface area contributed by atoms with Crippen molar-refractivity contribution in [3.05, 3.63) is 113 Å². The average Bonchev–Trinajstić information content (AvgIpc) is 3.56. The fourth-order valence-electron chi connectivity index (χ4n) is 4.57. The number of rotatable bonds is 8. The first-order valence-corrected chi connectivity index (χ1v) is 13.8. The zero-order valence-corrected chi connectivity index (χ0v) is 23.5. The van der Waals surface area contributed by atoms with E-state index in [-0.39, 0.29) is 23.3 Å². The number of nitrogens with one attached hydrogen (secondary N) is 2. The Kier molecular flexibility index (Phi) is 7.28. The van der Waals surface area contributed by atoms with Crippen LogP contribution in [0.15, 0.2) is 106 Å². The molecule has 0 saturated carbocycles. The van der Waals surface area contributed by atoms with Gasteiger partial charge in [-0.15, -0.1) is 0 Å². The molecule has 2 heterocycles. The highest BCUT2D eigenvalue weighted by Gasteiger charge is 2.41. The van der Waals surface area contributed by atoms with Gasteiger partial charge in [0.15, 0.2) is 11.5 Å². The summed E-state index contributed by atoms with van der Waals surface area (Å²) >= 11 is 1.14. The first kappa shape index (κ1) is 27.0. The van der Waals surface area contributed by atoms with Crippen LogP contribution >= 0.6 is 11.8 Å². The van der Waals surface area contributed by atoms with Gasteiger partial charge in [-0.25, -0.2) is 4.90 Å². The first-order valence-electron chi connectivity index (χ1n) is 13.0. The van der Waals surface area contributed by atoms with Gasteiger partial charge in [-0.1, -0.05) is 42.1 Å². The van der Waals surface area contributed by atoms with E-state index in [1.54, 1.807) is 48.5 Å². The molecule has 9 nitrogen and oxygen atoms in total. The Morgan fingerprint density at radius 2 is 1.64 bits per heavy atom. The van der Waals surface area contributed by atoms with Crippen molar-refractivity contribution in [2.45, 2.75) is 11.8 Å². The van der Waals surface area contributed by atoms with Gasteiger partial charge in [0.1, 0.15) is 16.4 Å². The molecule has 0 aliphatic carbocycles. The quantitative estimate of drug-likeness (QED) is 0.246. The minimum absolute atomic E-state index is 0.117. The maximum Gasteiger partial charge on any atom is 0.283 e. The molecule has 0 radical (unpaired) electrons. The zero-order chi connectivity index (χ0) is 29.2. The largest absolute Gasteiger partial charge is 0.495 e. The summed E-state index contributed by atoms with van der Waals surface area (Å²) < 4.78 is 16.2. The molecule has 0 atom stereocenters. The van der Waals surface area contributed by atoms with Crippen LogP contribution in [0.25, 0.3) is 0 Å². The Balaban J connectivity index is 1.30. The molecule has 4 aromatic rings. The molecule has 0 bridgehead atoms. The van der Waals surface area contributed by atoms with Crippen molar-refractivity contribution in [1.29, 1.82) is 0 Å². The second-order valence-corrected chi connectivity index (χ2v) is 10.6.